The van der Waals surface area contributed by atoms with Gasteiger partial charge in [0.2, 0.25) is 5.91 Å². The highest BCUT2D eigenvalue weighted by molar-refractivity contribution is 7.99. The summed E-state index contributed by atoms with van der Waals surface area (Å²) in [5, 5.41) is 3.78. The first-order chi connectivity index (χ1) is 9.54. The zero-order valence-corrected chi connectivity index (χ0v) is 12.3. The van der Waals surface area contributed by atoms with Crippen LogP contribution in [0.5, 0.6) is 0 Å². The van der Waals surface area contributed by atoms with E-state index in [1.807, 2.05) is 6.92 Å². The number of nitrogens with two attached hydrogens (primary N) is 1. The van der Waals surface area contributed by atoms with E-state index in [4.69, 9.17) is 17.3 Å². The molecule has 1 heterocycles. The first-order valence-corrected chi connectivity index (χ1v) is 7.18. The summed E-state index contributed by atoms with van der Waals surface area (Å²) >= 11 is 7.09. The van der Waals surface area contributed by atoms with E-state index < -0.39 is 0 Å². The van der Waals surface area contributed by atoms with Gasteiger partial charge >= 0.3 is 0 Å². The van der Waals surface area contributed by atoms with Gasteiger partial charge in [0, 0.05) is 17.6 Å². The van der Waals surface area contributed by atoms with Gasteiger partial charge in [-0.1, -0.05) is 23.4 Å². The maximum Gasteiger partial charge on any atom is 0.234 e. The Morgan fingerprint density at radius 2 is 2.25 bits per heavy atom. The fourth-order valence-electron chi connectivity index (χ4n) is 1.44. The Morgan fingerprint density at radius 1 is 1.45 bits per heavy atom. The van der Waals surface area contributed by atoms with E-state index in [0.717, 1.165) is 5.69 Å². The third kappa shape index (κ3) is 4.11. The maximum atomic E-state index is 11.8. The third-order valence-electron chi connectivity index (χ3n) is 2.38. The number of aryl methyl sites for hydroxylation is 1. The smallest absolute Gasteiger partial charge is 0.234 e. The minimum absolute atomic E-state index is 0.151. The Bertz CT molecular complexity index is 636. The molecule has 1 amide bonds. The number of aromatic nitrogens is 2. The predicted octanol–water partition coefficient (Wildman–Crippen LogP) is 2.75. The van der Waals surface area contributed by atoms with Crippen molar-refractivity contribution in [2.24, 2.45) is 0 Å². The van der Waals surface area contributed by atoms with Crippen LogP contribution in [0.4, 0.5) is 11.4 Å². The van der Waals surface area contributed by atoms with Crippen LogP contribution < -0.4 is 11.1 Å². The molecule has 2 aromatic rings. The van der Waals surface area contributed by atoms with Crippen LogP contribution in [0.15, 0.2) is 35.6 Å². The molecule has 0 radical (unpaired) electrons. The highest BCUT2D eigenvalue weighted by Crippen LogP contribution is 2.22. The van der Waals surface area contributed by atoms with Gasteiger partial charge in [-0.2, -0.15) is 0 Å². The average molecular weight is 309 g/mol. The fourth-order valence-corrected chi connectivity index (χ4v) is 2.24. The predicted molar refractivity (Wildman–Crippen MR) is 82.0 cm³/mol. The second kappa shape index (κ2) is 6.58. The van der Waals surface area contributed by atoms with Crippen LogP contribution in [0.25, 0.3) is 0 Å². The zero-order chi connectivity index (χ0) is 14.5. The topological polar surface area (TPSA) is 80.9 Å². The molecular weight excluding hydrogens is 296 g/mol. The molecule has 20 heavy (non-hydrogen) atoms. The Labute approximate surface area is 126 Å². The van der Waals surface area contributed by atoms with Crippen LogP contribution in [0.1, 0.15) is 5.69 Å². The summed E-state index contributed by atoms with van der Waals surface area (Å²) in [6.45, 7) is 1.88. The number of hydrogen-bond acceptors (Lipinski definition) is 5. The molecule has 7 heteroatoms. The van der Waals surface area contributed by atoms with E-state index in [9.17, 15) is 4.79 Å². The normalized spacial score (nSPS) is 10.3. The number of nitrogens with one attached hydrogen (secondary N) is 1. The highest BCUT2D eigenvalue weighted by atomic mass is 35.5. The zero-order valence-electron chi connectivity index (χ0n) is 10.8. The van der Waals surface area contributed by atoms with Gasteiger partial charge in [0.1, 0.15) is 0 Å². The molecule has 0 spiro atoms. The molecule has 0 bridgehead atoms. The van der Waals surface area contributed by atoms with Gasteiger partial charge < -0.3 is 11.1 Å². The monoisotopic (exact) mass is 308 g/mol. The number of amides is 1. The van der Waals surface area contributed by atoms with Crippen molar-refractivity contribution in [3.05, 3.63) is 41.2 Å². The molecule has 1 aromatic heterocycles. The number of rotatable bonds is 4. The van der Waals surface area contributed by atoms with Crippen molar-refractivity contribution in [1.29, 1.82) is 0 Å². The molecule has 0 saturated carbocycles. The van der Waals surface area contributed by atoms with Crippen molar-refractivity contribution in [3.63, 3.8) is 0 Å². The number of benzene rings is 1. The summed E-state index contributed by atoms with van der Waals surface area (Å²) in [4.78, 5) is 20.1. The van der Waals surface area contributed by atoms with Crippen molar-refractivity contribution < 1.29 is 4.79 Å². The third-order valence-corrected chi connectivity index (χ3v) is 3.59. The largest absolute Gasteiger partial charge is 0.397 e. The molecule has 3 N–H and O–H groups in total. The lowest BCUT2D eigenvalue weighted by atomic mass is 10.3. The van der Waals surface area contributed by atoms with E-state index >= 15 is 0 Å². The molecule has 0 unspecified atom stereocenters. The van der Waals surface area contributed by atoms with Crippen LogP contribution in [-0.2, 0) is 4.79 Å². The standard InChI is InChI=1S/C13H13ClN4OS/c1-8-4-5-16-13(17-8)20-7-12(19)18-9-2-3-10(14)11(15)6-9/h2-6H,7,15H2,1H3,(H,18,19). The maximum absolute atomic E-state index is 11.8. The lowest BCUT2D eigenvalue weighted by Gasteiger charge is -2.06. The van der Waals surface area contributed by atoms with Crippen LogP contribution in [0, 0.1) is 6.92 Å². The Balaban J connectivity index is 1.91. The van der Waals surface area contributed by atoms with Gasteiger partial charge in [0.05, 0.1) is 16.5 Å². The summed E-state index contributed by atoms with van der Waals surface area (Å²) in [7, 11) is 0. The Hall–Kier alpha value is -1.79. The number of nitrogens with zero attached hydrogens (tertiary/aromatic N) is 2. The Kier molecular flexibility index (Phi) is 4.81. The SMILES string of the molecule is Cc1ccnc(SCC(=O)Nc2ccc(Cl)c(N)c2)n1. The molecule has 0 aliphatic carbocycles. The molecule has 0 aliphatic rings. The van der Waals surface area contributed by atoms with Crippen LogP contribution >= 0.6 is 23.4 Å². The number of carbonyl (C=O) groups excluding carboxylic acids is 1. The van der Waals surface area contributed by atoms with Gasteiger partial charge in [-0.15, -0.1) is 0 Å². The van der Waals surface area contributed by atoms with Crippen molar-refractivity contribution in [2.45, 2.75) is 12.1 Å². The minimum Gasteiger partial charge on any atom is -0.397 e. The average Bonchev–Trinajstić information content (AvgIpc) is 2.41. The minimum atomic E-state index is -0.151. The van der Waals surface area contributed by atoms with Gasteiger partial charge in [-0.3, -0.25) is 4.79 Å². The molecule has 5 nitrogen and oxygen atoms in total. The van der Waals surface area contributed by atoms with Crippen LogP contribution in [0.2, 0.25) is 5.02 Å². The molecular formula is C13H13ClN4OS. The molecule has 0 aliphatic heterocycles. The van der Waals surface area contributed by atoms with Crippen molar-refractivity contribution in [1.82, 2.24) is 9.97 Å². The van der Waals surface area contributed by atoms with E-state index in [1.54, 1.807) is 30.5 Å². The molecule has 2 rings (SSSR count). The van der Waals surface area contributed by atoms with Gasteiger partial charge in [-0.05, 0) is 31.2 Å². The van der Waals surface area contributed by atoms with E-state index in [1.165, 1.54) is 11.8 Å². The van der Waals surface area contributed by atoms with Crippen molar-refractivity contribution in [2.75, 3.05) is 16.8 Å². The van der Waals surface area contributed by atoms with Crippen LogP contribution in [-0.4, -0.2) is 21.6 Å². The molecule has 0 fully saturated rings. The number of carbonyl (C=O) groups is 1. The molecule has 0 atom stereocenters. The Morgan fingerprint density at radius 3 is 2.95 bits per heavy atom. The van der Waals surface area contributed by atoms with Crippen molar-refractivity contribution >= 4 is 40.6 Å². The number of hydrogen-bond donors (Lipinski definition) is 2. The summed E-state index contributed by atoms with van der Waals surface area (Å²) < 4.78 is 0. The van der Waals surface area contributed by atoms with Gasteiger partial charge in [0.15, 0.2) is 5.16 Å². The van der Waals surface area contributed by atoms with E-state index in [2.05, 4.69) is 15.3 Å². The summed E-state index contributed by atoms with van der Waals surface area (Å²) in [5.41, 5.74) is 7.58. The van der Waals surface area contributed by atoms with Crippen molar-refractivity contribution in [3.8, 4) is 0 Å². The summed E-state index contributed by atoms with van der Waals surface area (Å²) in [6, 6.07) is 6.77. The quantitative estimate of drug-likeness (QED) is 0.515. The lowest BCUT2D eigenvalue weighted by molar-refractivity contribution is -0.113. The lowest BCUT2D eigenvalue weighted by Crippen LogP contribution is -2.14. The van der Waals surface area contributed by atoms with E-state index in [-0.39, 0.29) is 11.7 Å². The highest BCUT2D eigenvalue weighted by Gasteiger charge is 2.06. The number of anilines is 2. The number of halogens is 1. The number of thioether (sulfide) groups is 1. The molecule has 104 valence electrons. The van der Waals surface area contributed by atoms with Gasteiger partial charge in [-0.25, -0.2) is 9.97 Å². The molecule has 1 aromatic carbocycles. The molecule has 0 saturated heterocycles. The summed E-state index contributed by atoms with van der Waals surface area (Å²) in [5.74, 6) is 0.0771. The fraction of sp³-hybridized carbons (Fsp3) is 0.154. The number of nitrogen functional groups attached to an aromatic ring is 1. The van der Waals surface area contributed by atoms with Crippen LogP contribution in [0.3, 0.4) is 0 Å². The second-order valence-electron chi connectivity index (χ2n) is 4.05. The first kappa shape index (κ1) is 14.6. The van der Waals surface area contributed by atoms with Gasteiger partial charge in [0.25, 0.3) is 0 Å². The second-order valence-corrected chi connectivity index (χ2v) is 5.40. The van der Waals surface area contributed by atoms with E-state index in [0.29, 0.717) is 21.6 Å². The first-order valence-electron chi connectivity index (χ1n) is 5.82. The summed E-state index contributed by atoms with van der Waals surface area (Å²) in [6.07, 6.45) is 1.67.